The van der Waals surface area contributed by atoms with Crippen LogP contribution in [0.15, 0.2) is 30.3 Å². The molecule has 0 spiro atoms. The normalized spacial score (nSPS) is 10.5. The van der Waals surface area contributed by atoms with E-state index in [1.165, 1.54) is 0 Å². The number of aryl methyl sites for hydroxylation is 1. The molecule has 2 rings (SSSR count). The number of rotatable bonds is 5. The predicted molar refractivity (Wildman–Crippen MR) is 82.0 cm³/mol. The summed E-state index contributed by atoms with van der Waals surface area (Å²) >= 11 is 0. The molecule has 112 valence electrons. The summed E-state index contributed by atoms with van der Waals surface area (Å²) < 4.78 is 12.4. The van der Waals surface area contributed by atoms with Crippen molar-refractivity contribution < 1.29 is 14.3 Å². The van der Waals surface area contributed by atoms with Crippen molar-refractivity contribution in [1.29, 1.82) is 0 Å². The summed E-state index contributed by atoms with van der Waals surface area (Å²) in [7, 11) is 1.65. The van der Waals surface area contributed by atoms with Crippen LogP contribution >= 0.6 is 0 Å². The van der Waals surface area contributed by atoms with Gasteiger partial charge in [0.25, 0.3) is 0 Å². The molecule has 4 heteroatoms. The monoisotopic (exact) mass is 287 g/mol. The van der Waals surface area contributed by atoms with Gasteiger partial charge in [0.2, 0.25) is 0 Å². The van der Waals surface area contributed by atoms with Gasteiger partial charge in [-0.25, -0.2) is 4.79 Å². The van der Waals surface area contributed by atoms with Crippen molar-refractivity contribution in [2.75, 3.05) is 13.7 Å². The summed E-state index contributed by atoms with van der Waals surface area (Å²) in [4.78, 5) is 11.9. The molecule has 0 amide bonds. The Balaban J connectivity index is 2.25. The molecule has 0 saturated carbocycles. The number of aromatic nitrogens is 1. The van der Waals surface area contributed by atoms with Gasteiger partial charge in [-0.2, -0.15) is 0 Å². The molecular formula is C17H21NO3. The zero-order valence-corrected chi connectivity index (χ0v) is 13.0. The number of carbonyl (C=O) groups is 1. The fourth-order valence-corrected chi connectivity index (χ4v) is 2.37. The third-order valence-corrected chi connectivity index (χ3v) is 3.57. The third-order valence-electron chi connectivity index (χ3n) is 3.57. The summed E-state index contributed by atoms with van der Waals surface area (Å²) in [5.74, 6) is 0.582. The van der Waals surface area contributed by atoms with Crippen molar-refractivity contribution in [3.8, 4) is 5.75 Å². The zero-order valence-electron chi connectivity index (χ0n) is 13.0. The van der Waals surface area contributed by atoms with Crippen LogP contribution < -0.4 is 4.74 Å². The standard InChI is InChI=1S/C17H21NO3/c1-5-21-17(19)16-10-12(2)18(13(16)3)11-14-6-8-15(20-4)9-7-14/h6-10H,5,11H2,1-4H3. The summed E-state index contributed by atoms with van der Waals surface area (Å²) in [5, 5.41) is 0. The third kappa shape index (κ3) is 3.27. The highest BCUT2D eigenvalue weighted by atomic mass is 16.5. The fourth-order valence-electron chi connectivity index (χ4n) is 2.37. The van der Waals surface area contributed by atoms with E-state index in [1.54, 1.807) is 7.11 Å². The molecule has 0 saturated heterocycles. The van der Waals surface area contributed by atoms with E-state index in [2.05, 4.69) is 4.57 Å². The van der Waals surface area contributed by atoms with Crippen LogP contribution in [0.1, 0.15) is 34.2 Å². The molecule has 0 aliphatic rings. The predicted octanol–water partition coefficient (Wildman–Crippen LogP) is 3.34. The lowest BCUT2D eigenvalue weighted by molar-refractivity contribution is 0.0525. The zero-order chi connectivity index (χ0) is 15.4. The lowest BCUT2D eigenvalue weighted by Crippen LogP contribution is -2.08. The highest BCUT2D eigenvalue weighted by Gasteiger charge is 2.16. The highest BCUT2D eigenvalue weighted by Crippen LogP contribution is 2.19. The first-order chi connectivity index (χ1) is 10.1. The van der Waals surface area contributed by atoms with E-state index in [0.29, 0.717) is 12.2 Å². The topological polar surface area (TPSA) is 40.5 Å². The minimum atomic E-state index is -0.258. The van der Waals surface area contributed by atoms with Gasteiger partial charge in [-0.05, 0) is 44.5 Å². The van der Waals surface area contributed by atoms with Gasteiger partial charge >= 0.3 is 5.97 Å². The Morgan fingerprint density at radius 3 is 2.43 bits per heavy atom. The lowest BCUT2D eigenvalue weighted by atomic mass is 10.2. The van der Waals surface area contributed by atoms with Gasteiger partial charge in [-0.1, -0.05) is 12.1 Å². The molecule has 0 aliphatic heterocycles. The second kappa shape index (κ2) is 6.48. The quantitative estimate of drug-likeness (QED) is 0.792. The van der Waals surface area contributed by atoms with Gasteiger partial charge in [0.1, 0.15) is 5.75 Å². The lowest BCUT2D eigenvalue weighted by Gasteiger charge is -2.10. The Morgan fingerprint density at radius 1 is 1.19 bits per heavy atom. The number of nitrogens with zero attached hydrogens (tertiary/aromatic N) is 1. The minimum Gasteiger partial charge on any atom is -0.497 e. The summed E-state index contributed by atoms with van der Waals surface area (Å²) in [6, 6.07) is 9.83. The Kier molecular flexibility index (Phi) is 4.68. The maximum absolute atomic E-state index is 11.9. The second-order valence-electron chi connectivity index (χ2n) is 4.94. The number of ether oxygens (including phenoxy) is 2. The summed E-state index contributed by atoms with van der Waals surface area (Å²) in [6.45, 7) is 6.87. The number of carbonyl (C=O) groups excluding carboxylic acids is 1. The molecular weight excluding hydrogens is 266 g/mol. The molecule has 0 fully saturated rings. The molecule has 1 aromatic carbocycles. The maximum Gasteiger partial charge on any atom is 0.339 e. The first-order valence-electron chi connectivity index (χ1n) is 7.03. The minimum absolute atomic E-state index is 0.258. The SMILES string of the molecule is CCOC(=O)c1cc(C)n(Cc2ccc(OC)cc2)c1C. The Morgan fingerprint density at radius 2 is 1.86 bits per heavy atom. The van der Waals surface area contributed by atoms with Gasteiger partial charge in [-0.3, -0.25) is 0 Å². The first kappa shape index (κ1) is 15.2. The van der Waals surface area contributed by atoms with E-state index in [-0.39, 0.29) is 5.97 Å². The van der Waals surface area contributed by atoms with Crippen LogP contribution in [0.2, 0.25) is 0 Å². The number of hydrogen-bond acceptors (Lipinski definition) is 3. The van der Waals surface area contributed by atoms with Crippen LogP contribution in [0.3, 0.4) is 0 Å². The van der Waals surface area contributed by atoms with Crippen LogP contribution in [-0.2, 0) is 11.3 Å². The van der Waals surface area contributed by atoms with Gasteiger partial charge in [0.05, 0.1) is 19.3 Å². The van der Waals surface area contributed by atoms with Crippen LogP contribution in [0.25, 0.3) is 0 Å². The van der Waals surface area contributed by atoms with E-state index in [0.717, 1.165) is 29.2 Å². The Labute approximate surface area is 125 Å². The largest absolute Gasteiger partial charge is 0.497 e. The highest BCUT2D eigenvalue weighted by molar-refractivity contribution is 5.91. The van der Waals surface area contributed by atoms with Crippen molar-refractivity contribution in [3.63, 3.8) is 0 Å². The fraction of sp³-hybridized carbons (Fsp3) is 0.353. The molecule has 4 nitrogen and oxygen atoms in total. The van der Waals surface area contributed by atoms with E-state index in [1.807, 2.05) is 51.1 Å². The Bertz CT molecular complexity index is 626. The molecule has 0 atom stereocenters. The van der Waals surface area contributed by atoms with Gasteiger partial charge in [0.15, 0.2) is 0 Å². The average molecular weight is 287 g/mol. The van der Waals surface area contributed by atoms with Crippen LogP contribution in [0.5, 0.6) is 5.75 Å². The number of methoxy groups -OCH3 is 1. The van der Waals surface area contributed by atoms with Gasteiger partial charge in [0, 0.05) is 17.9 Å². The van der Waals surface area contributed by atoms with Crippen molar-refractivity contribution >= 4 is 5.97 Å². The van der Waals surface area contributed by atoms with Gasteiger partial charge < -0.3 is 14.0 Å². The number of benzene rings is 1. The number of esters is 1. The average Bonchev–Trinajstić information content (AvgIpc) is 2.76. The van der Waals surface area contributed by atoms with E-state index >= 15 is 0 Å². The molecule has 1 aromatic heterocycles. The molecule has 0 bridgehead atoms. The molecule has 1 heterocycles. The molecule has 0 aliphatic carbocycles. The molecule has 0 N–H and O–H groups in total. The van der Waals surface area contributed by atoms with Crippen LogP contribution in [0, 0.1) is 13.8 Å². The molecule has 21 heavy (non-hydrogen) atoms. The Hall–Kier alpha value is -2.23. The van der Waals surface area contributed by atoms with E-state index in [9.17, 15) is 4.79 Å². The molecule has 0 unspecified atom stereocenters. The van der Waals surface area contributed by atoms with E-state index in [4.69, 9.17) is 9.47 Å². The smallest absolute Gasteiger partial charge is 0.339 e. The van der Waals surface area contributed by atoms with E-state index < -0.39 is 0 Å². The van der Waals surface area contributed by atoms with Crippen LogP contribution in [-0.4, -0.2) is 24.3 Å². The summed E-state index contributed by atoms with van der Waals surface area (Å²) in [5.41, 5.74) is 3.78. The second-order valence-corrected chi connectivity index (χ2v) is 4.94. The van der Waals surface area contributed by atoms with Crippen molar-refractivity contribution in [2.45, 2.75) is 27.3 Å². The number of hydrogen-bond donors (Lipinski definition) is 0. The maximum atomic E-state index is 11.9. The molecule has 0 radical (unpaired) electrons. The van der Waals surface area contributed by atoms with Crippen molar-refractivity contribution in [1.82, 2.24) is 4.57 Å². The first-order valence-corrected chi connectivity index (χ1v) is 7.03. The van der Waals surface area contributed by atoms with Gasteiger partial charge in [-0.15, -0.1) is 0 Å². The summed E-state index contributed by atoms with van der Waals surface area (Å²) in [6.07, 6.45) is 0. The van der Waals surface area contributed by atoms with Crippen LogP contribution in [0.4, 0.5) is 0 Å². The van der Waals surface area contributed by atoms with Crippen molar-refractivity contribution in [3.05, 3.63) is 52.8 Å². The molecule has 2 aromatic rings. The van der Waals surface area contributed by atoms with Crippen molar-refractivity contribution in [2.24, 2.45) is 0 Å².